The predicted octanol–water partition coefficient (Wildman–Crippen LogP) is 2.61. The van der Waals surface area contributed by atoms with E-state index in [1.165, 1.54) is 11.1 Å². The maximum Gasteiger partial charge on any atom is 0.338 e. The second-order valence-electron chi connectivity index (χ2n) is 5.45. The molecule has 1 saturated carbocycles. The molecule has 0 heterocycles. The maximum absolute atomic E-state index is 10.9. The van der Waals surface area contributed by atoms with Crippen molar-refractivity contribution in [1.29, 1.82) is 0 Å². The van der Waals surface area contributed by atoms with Crippen LogP contribution in [0.3, 0.4) is 0 Å². The average molecular weight is 248 g/mol. The van der Waals surface area contributed by atoms with Gasteiger partial charge in [-0.1, -0.05) is 38.1 Å². The summed E-state index contributed by atoms with van der Waals surface area (Å²) in [5, 5.41) is 10.1. The van der Waals surface area contributed by atoms with Crippen LogP contribution in [0.5, 0.6) is 0 Å². The van der Waals surface area contributed by atoms with Gasteiger partial charge < -0.3 is 5.73 Å². The molecule has 4 nitrogen and oxygen atoms in total. The molecule has 18 heavy (non-hydrogen) atoms. The molecule has 98 valence electrons. The summed E-state index contributed by atoms with van der Waals surface area (Å²) in [7, 11) is 0. The molecule has 1 aliphatic carbocycles. The normalized spacial score (nSPS) is 16.7. The van der Waals surface area contributed by atoms with E-state index >= 15 is 0 Å². The lowest BCUT2D eigenvalue weighted by Gasteiger charge is -2.21. The first-order chi connectivity index (χ1) is 8.44. The first-order valence-electron chi connectivity index (χ1n) is 6.31. The molecule has 0 unspecified atom stereocenters. The second-order valence-corrected chi connectivity index (χ2v) is 5.45. The van der Waals surface area contributed by atoms with Crippen LogP contribution < -0.4 is 5.73 Å². The fourth-order valence-electron chi connectivity index (χ4n) is 2.28. The first kappa shape index (κ1) is 12.9. The average Bonchev–Trinajstić information content (AvgIpc) is 3.10. The Kier molecular flexibility index (Phi) is 3.30. The fourth-order valence-corrected chi connectivity index (χ4v) is 2.28. The van der Waals surface area contributed by atoms with Crippen LogP contribution in [0, 0.1) is 0 Å². The molecule has 0 saturated heterocycles. The van der Waals surface area contributed by atoms with Gasteiger partial charge in [-0.2, -0.15) is 0 Å². The first-order valence-corrected chi connectivity index (χ1v) is 6.31. The van der Waals surface area contributed by atoms with Crippen LogP contribution in [0.2, 0.25) is 0 Å². The molecule has 0 bridgehead atoms. The van der Waals surface area contributed by atoms with Crippen LogP contribution >= 0.6 is 0 Å². The Balaban J connectivity index is 2.13. The van der Waals surface area contributed by atoms with Gasteiger partial charge in [-0.3, -0.25) is 5.21 Å². The van der Waals surface area contributed by atoms with Crippen LogP contribution in [0.25, 0.3) is 0 Å². The van der Waals surface area contributed by atoms with Crippen LogP contribution in [-0.2, 0) is 5.41 Å². The van der Waals surface area contributed by atoms with E-state index in [4.69, 9.17) is 5.73 Å². The van der Waals surface area contributed by atoms with E-state index in [1.807, 2.05) is 0 Å². The summed E-state index contributed by atoms with van der Waals surface area (Å²) in [6, 6.07) is 7.63. The van der Waals surface area contributed by atoms with E-state index in [1.54, 1.807) is 0 Å². The van der Waals surface area contributed by atoms with E-state index in [0.29, 0.717) is 11.0 Å². The second kappa shape index (κ2) is 4.61. The number of benzene rings is 1. The van der Waals surface area contributed by atoms with Gasteiger partial charge in [-0.15, -0.1) is 0 Å². The lowest BCUT2D eigenvalue weighted by molar-refractivity contribution is -0.0463. The van der Waals surface area contributed by atoms with Crippen molar-refractivity contribution >= 4 is 6.03 Å². The highest BCUT2D eigenvalue weighted by Crippen LogP contribution is 2.48. The number of primary amides is 1. The van der Waals surface area contributed by atoms with Gasteiger partial charge in [-0.05, 0) is 29.9 Å². The molecule has 0 aliphatic heterocycles. The standard InChI is InChI=1S/C14H20N2O2/c1-10(2)11-3-5-12(6-4-11)14(7-8-14)9-16(18)13(15)17/h3-6,10,18H,7-9H2,1-2H3,(H2,15,17). The van der Waals surface area contributed by atoms with E-state index in [2.05, 4.69) is 38.1 Å². The van der Waals surface area contributed by atoms with Crippen molar-refractivity contribution in [2.75, 3.05) is 6.54 Å². The summed E-state index contributed by atoms with van der Waals surface area (Å²) in [4.78, 5) is 10.9. The predicted molar refractivity (Wildman–Crippen MR) is 69.5 cm³/mol. The molecule has 0 spiro atoms. The summed E-state index contributed by atoms with van der Waals surface area (Å²) in [5.74, 6) is 0.508. The molecule has 4 heteroatoms. The zero-order valence-corrected chi connectivity index (χ0v) is 10.9. The number of nitrogens with zero attached hydrogens (tertiary/aromatic N) is 1. The van der Waals surface area contributed by atoms with Crippen molar-refractivity contribution in [2.24, 2.45) is 5.73 Å². The number of carbonyl (C=O) groups is 1. The number of nitrogens with two attached hydrogens (primary N) is 1. The molecule has 0 atom stereocenters. The van der Waals surface area contributed by atoms with Crippen molar-refractivity contribution < 1.29 is 10.0 Å². The molecule has 1 fully saturated rings. The minimum atomic E-state index is -0.792. The summed E-state index contributed by atoms with van der Waals surface area (Å²) in [6.07, 6.45) is 1.97. The molecule has 2 amide bonds. The van der Waals surface area contributed by atoms with Crippen LogP contribution in [0.1, 0.15) is 43.7 Å². The van der Waals surface area contributed by atoms with Gasteiger partial charge in [0.1, 0.15) is 0 Å². The molecule has 2 rings (SSSR count). The molecule has 1 aliphatic rings. The molecular weight excluding hydrogens is 228 g/mol. The summed E-state index contributed by atoms with van der Waals surface area (Å²) in [5.41, 5.74) is 7.42. The number of hydroxylamine groups is 2. The Hall–Kier alpha value is -1.55. The molecule has 1 aromatic carbocycles. The lowest BCUT2D eigenvalue weighted by atomic mass is 9.93. The molecule has 3 N–H and O–H groups in total. The maximum atomic E-state index is 10.9. The molecule has 0 radical (unpaired) electrons. The van der Waals surface area contributed by atoms with Crippen molar-refractivity contribution in [3.8, 4) is 0 Å². The van der Waals surface area contributed by atoms with Gasteiger partial charge in [0, 0.05) is 5.41 Å². The summed E-state index contributed by atoms with van der Waals surface area (Å²) in [6.45, 7) is 4.60. The third-order valence-corrected chi connectivity index (χ3v) is 3.75. The number of urea groups is 1. The van der Waals surface area contributed by atoms with Crippen LogP contribution in [0.15, 0.2) is 24.3 Å². The number of hydrogen-bond acceptors (Lipinski definition) is 2. The van der Waals surface area contributed by atoms with E-state index in [0.717, 1.165) is 12.8 Å². The Morgan fingerprint density at radius 3 is 2.33 bits per heavy atom. The highest BCUT2D eigenvalue weighted by atomic mass is 16.5. The molecule has 0 aromatic heterocycles. The smallest absolute Gasteiger partial charge is 0.338 e. The Morgan fingerprint density at radius 2 is 1.94 bits per heavy atom. The third-order valence-electron chi connectivity index (χ3n) is 3.75. The number of amides is 2. The van der Waals surface area contributed by atoms with Gasteiger partial charge in [0.05, 0.1) is 6.54 Å². The lowest BCUT2D eigenvalue weighted by Crippen LogP contribution is -2.38. The van der Waals surface area contributed by atoms with Gasteiger partial charge in [0.2, 0.25) is 0 Å². The number of hydrogen-bond donors (Lipinski definition) is 2. The molecular formula is C14H20N2O2. The Labute approximate surface area is 107 Å². The summed E-state index contributed by atoms with van der Waals surface area (Å²) < 4.78 is 0. The minimum absolute atomic E-state index is 0.0979. The van der Waals surface area contributed by atoms with Gasteiger partial charge in [0.25, 0.3) is 0 Å². The van der Waals surface area contributed by atoms with Gasteiger partial charge >= 0.3 is 6.03 Å². The highest BCUT2D eigenvalue weighted by Gasteiger charge is 2.46. The number of carbonyl (C=O) groups excluding carboxylic acids is 1. The third kappa shape index (κ3) is 2.48. The van der Waals surface area contributed by atoms with Crippen LogP contribution in [-0.4, -0.2) is 22.8 Å². The molecule has 1 aromatic rings. The van der Waals surface area contributed by atoms with E-state index < -0.39 is 6.03 Å². The quantitative estimate of drug-likeness (QED) is 0.635. The van der Waals surface area contributed by atoms with Crippen LogP contribution in [0.4, 0.5) is 4.79 Å². The Morgan fingerprint density at radius 1 is 1.39 bits per heavy atom. The Bertz CT molecular complexity index is 436. The van der Waals surface area contributed by atoms with Crippen molar-refractivity contribution in [1.82, 2.24) is 5.06 Å². The monoisotopic (exact) mass is 248 g/mol. The van der Waals surface area contributed by atoms with Gasteiger partial charge in [-0.25, -0.2) is 9.86 Å². The topological polar surface area (TPSA) is 66.6 Å². The van der Waals surface area contributed by atoms with Crippen molar-refractivity contribution in [3.05, 3.63) is 35.4 Å². The van der Waals surface area contributed by atoms with E-state index in [9.17, 15) is 10.0 Å². The van der Waals surface area contributed by atoms with Crippen molar-refractivity contribution in [2.45, 2.75) is 38.0 Å². The summed E-state index contributed by atoms with van der Waals surface area (Å²) >= 11 is 0. The zero-order chi connectivity index (χ0) is 13.3. The zero-order valence-electron chi connectivity index (χ0n) is 10.9. The SMILES string of the molecule is CC(C)c1ccc(C2(CN(O)C(N)=O)CC2)cc1. The largest absolute Gasteiger partial charge is 0.350 e. The minimum Gasteiger partial charge on any atom is -0.350 e. The van der Waals surface area contributed by atoms with E-state index in [-0.39, 0.29) is 12.0 Å². The number of rotatable bonds is 4. The fraction of sp³-hybridized carbons (Fsp3) is 0.500. The van der Waals surface area contributed by atoms with Gasteiger partial charge in [0.15, 0.2) is 0 Å². The van der Waals surface area contributed by atoms with Crippen molar-refractivity contribution in [3.63, 3.8) is 0 Å². The highest BCUT2D eigenvalue weighted by molar-refractivity contribution is 5.70.